The highest BCUT2D eigenvalue weighted by atomic mass is 32.2. The highest BCUT2D eigenvalue weighted by Crippen LogP contribution is 2.27. The maximum atomic E-state index is 13.4. The number of amides is 2. The van der Waals surface area contributed by atoms with E-state index in [1.54, 1.807) is 49.4 Å². The van der Waals surface area contributed by atoms with Crippen LogP contribution in [0.4, 0.5) is 21.5 Å². The molecule has 0 fully saturated rings. The highest BCUT2D eigenvalue weighted by molar-refractivity contribution is 7.92. The van der Waals surface area contributed by atoms with Crippen molar-refractivity contribution in [1.29, 1.82) is 0 Å². The fraction of sp³-hybridized carbons (Fsp3) is 0.200. The fourth-order valence-corrected chi connectivity index (χ4v) is 4.26. The lowest BCUT2D eigenvalue weighted by atomic mass is 10.1. The number of hydrogen-bond acceptors (Lipinski definition) is 5. The van der Waals surface area contributed by atoms with Gasteiger partial charge in [0, 0.05) is 29.4 Å². The molecule has 3 aromatic carbocycles. The number of carbonyl (C=O) groups excluding carboxylic acids is 2. The van der Waals surface area contributed by atoms with Crippen LogP contribution in [0.1, 0.15) is 29.8 Å². The van der Waals surface area contributed by atoms with Crippen LogP contribution in [0, 0.1) is 5.82 Å². The van der Waals surface area contributed by atoms with E-state index in [-0.39, 0.29) is 23.7 Å². The Labute approximate surface area is 203 Å². The predicted molar refractivity (Wildman–Crippen MR) is 134 cm³/mol. The topological polar surface area (TPSA) is 105 Å². The van der Waals surface area contributed by atoms with Gasteiger partial charge in [-0.05, 0) is 67.6 Å². The Bertz CT molecular complexity index is 1330. The van der Waals surface area contributed by atoms with E-state index in [4.69, 9.17) is 4.74 Å². The van der Waals surface area contributed by atoms with Gasteiger partial charge in [0.05, 0.1) is 25.1 Å². The molecule has 0 aliphatic carbocycles. The van der Waals surface area contributed by atoms with E-state index in [0.717, 1.165) is 10.6 Å². The molecule has 0 atom stereocenters. The molecule has 0 unspecified atom stereocenters. The van der Waals surface area contributed by atoms with Crippen molar-refractivity contribution in [3.05, 3.63) is 83.7 Å². The maximum absolute atomic E-state index is 13.4. The van der Waals surface area contributed by atoms with E-state index in [9.17, 15) is 22.4 Å². The standard InChI is InChI=1S/C25H26FN3O5S/c1-4-34-24-13-8-18(25(31)28-22-7-5-6-21(15-22)27-17(2)30)14-19(24)16-29(35(3,32)33)23-11-9-20(26)10-12-23/h5-15H,4,16H2,1-3H3,(H,27,30)(H,28,31). The van der Waals surface area contributed by atoms with Gasteiger partial charge in [0.1, 0.15) is 11.6 Å². The van der Waals surface area contributed by atoms with Crippen LogP contribution in [-0.4, -0.2) is 33.1 Å². The van der Waals surface area contributed by atoms with Crippen molar-refractivity contribution in [2.24, 2.45) is 0 Å². The summed E-state index contributed by atoms with van der Waals surface area (Å²) >= 11 is 0. The van der Waals surface area contributed by atoms with Crippen LogP contribution in [0.5, 0.6) is 5.75 Å². The lowest BCUT2D eigenvalue weighted by Gasteiger charge is -2.24. The molecule has 0 spiro atoms. The summed E-state index contributed by atoms with van der Waals surface area (Å²) in [5.74, 6) is -0.728. The summed E-state index contributed by atoms with van der Waals surface area (Å²) in [6.07, 6.45) is 1.05. The van der Waals surface area contributed by atoms with Crippen LogP contribution < -0.4 is 19.7 Å². The Hall–Kier alpha value is -3.92. The second kappa shape index (κ2) is 11.0. The van der Waals surface area contributed by atoms with E-state index in [2.05, 4.69) is 10.6 Å². The van der Waals surface area contributed by atoms with Crippen LogP contribution in [0.2, 0.25) is 0 Å². The number of hydrogen-bond donors (Lipinski definition) is 2. The van der Waals surface area contributed by atoms with E-state index < -0.39 is 21.7 Å². The first-order valence-corrected chi connectivity index (χ1v) is 12.6. The molecule has 35 heavy (non-hydrogen) atoms. The van der Waals surface area contributed by atoms with Crippen molar-refractivity contribution in [3.8, 4) is 5.75 Å². The summed E-state index contributed by atoms with van der Waals surface area (Å²) in [6.45, 7) is 3.39. The third-order valence-corrected chi connectivity index (χ3v) is 6.03. The molecule has 10 heteroatoms. The number of halogens is 1. The molecule has 0 saturated heterocycles. The van der Waals surface area contributed by atoms with Crippen molar-refractivity contribution in [2.45, 2.75) is 20.4 Å². The zero-order chi connectivity index (χ0) is 25.6. The first-order chi connectivity index (χ1) is 16.6. The SMILES string of the molecule is CCOc1ccc(C(=O)Nc2cccc(NC(C)=O)c2)cc1CN(c1ccc(F)cc1)S(C)(=O)=O. The third-order valence-electron chi connectivity index (χ3n) is 4.89. The zero-order valence-corrected chi connectivity index (χ0v) is 20.4. The summed E-state index contributed by atoms with van der Waals surface area (Å²) in [5.41, 5.74) is 2.02. The molecule has 2 N–H and O–H groups in total. The van der Waals surface area contributed by atoms with Crippen LogP contribution >= 0.6 is 0 Å². The summed E-state index contributed by atoms with van der Waals surface area (Å²) in [5, 5.41) is 5.42. The number of ether oxygens (including phenoxy) is 1. The lowest BCUT2D eigenvalue weighted by molar-refractivity contribution is -0.114. The van der Waals surface area contributed by atoms with Crippen LogP contribution in [-0.2, 0) is 21.4 Å². The Balaban J connectivity index is 1.92. The molecule has 0 aliphatic heterocycles. The van der Waals surface area contributed by atoms with Crippen molar-refractivity contribution in [1.82, 2.24) is 0 Å². The van der Waals surface area contributed by atoms with Crippen LogP contribution in [0.15, 0.2) is 66.7 Å². The lowest BCUT2D eigenvalue weighted by Crippen LogP contribution is -2.29. The number of nitrogens with one attached hydrogen (secondary N) is 2. The molecular formula is C25H26FN3O5S. The summed E-state index contributed by atoms with van der Waals surface area (Å²) in [7, 11) is -3.74. The van der Waals surface area contributed by atoms with Gasteiger partial charge in [-0.25, -0.2) is 12.8 Å². The number of benzene rings is 3. The highest BCUT2D eigenvalue weighted by Gasteiger charge is 2.21. The molecule has 3 aromatic rings. The van der Waals surface area contributed by atoms with E-state index in [1.807, 2.05) is 0 Å². The Morgan fingerprint density at radius 3 is 2.23 bits per heavy atom. The minimum absolute atomic E-state index is 0.126. The Morgan fingerprint density at radius 2 is 1.63 bits per heavy atom. The fourth-order valence-electron chi connectivity index (χ4n) is 3.38. The Morgan fingerprint density at radius 1 is 0.971 bits per heavy atom. The van der Waals surface area contributed by atoms with Gasteiger partial charge < -0.3 is 15.4 Å². The average molecular weight is 500 g/mol. The van der Waals surface area contributed by atoms with Gasteiger partial charge in [-0.2, -0.15) is 0 Å². The first-order valence-electron chi connectivity index (χ1n) is 10.7. The third kappa shape index (κ3) is 7.03. The second-order valence-electron chi connectivity index (χ2n) is 7.72. The van der Waals surface area contributed by atoms with Gasteiger partial charge in [-0.1, -0.05) is 6.07 Å². The van der Waals surface area contributed by atoms with Crippen LogP contribution in [0.3, 0.4) is 0 Å². The first kappa shape index (κ1) is 25.7. The molecular weight excluding hydrogens is 473 g/mol. The zero-order valence-electron chi connectivity index (χ0n) is 19.5. The van der Waals surface area contributed by atoms with Crippen molar-refractivity contribution < 1.29 is 27.1 Å². The smallest absolute Gasteiger partial charge is 0.255 e. The van der Waals surface area contributed by atoms with Gasteiger partial charge >= 0.3 is 0 Å². The number of carbonyl (C=O) groups is 2. The number of rotatable bonds is 9. The normalized spacial score (nSPS) is 11.0. The van der Waals surface area contributed by atoms with Crippen molar-refractivity contribution in [3.63, 3.8) is 0 Å². The van der Waals surface area contributed by atoms with Gasteiger partial charge in [-0.3, -0.25) is 13.9 Å². The minimum Gasteiger partial charge on any atom is -0.494 e. The van der Waals surface area contributed by atoms with Gasteiger partial charge in [0.2, 0.25) is 15.9 Å². The number of anilines is 3. The molecule has 2 amide bonds. The maximum Gasteiger partial charge on any atom is 0.255 e. The number of nitrogens with zero attached hydrogens (tertiary/aromatic N) is 1. The van der Waals surface area contributed by atoms with Gasteiger partial charge in [-0.15, -0.1) is 0 Å². The molecule has 0 saturated carbocycles. The molecule has 0 heterocycles. The van der Waals surface area contributed by atoms with Gasteiger partial charge in [0.25, 0.3) is 5.91 Å². The van der Waals surface area contributed by atoms with Crippen LogP contribution in [0.25, 0.3) is 0 Å². The predicted octanol–water partition coefficient (Wildman–Crippen LogP) is 4.40. The molecule has 0 aliphatic rings. The molecule has 3 rings (SSSR count). The summed E-state index contributed by atoms with van der Waals surface area (Å²) in [4.78, 5) is 24.2. The van der Waals surface area contributed by atoms with E-state index >= 15 is 0 Å². The molecule has 184 valence electrons. The van der Waals surface area contributed by atoms with Gasteiger partial charge in [0.15, 0.2) is 0 Å². The molecule has 0 bridgehead atoms. The quantitative estimate of drug-likeness (QED) is 0.454. The molecule has 0 aromatic heterocycles. The average Bonchev–Trinajstić information content (AvgIpc) is 2.78. The monoisotopic (exact) mass is 499 g/mol. The van der Waals surface area contributed by atoms with E-state index in [1.165, 1.54) is 31.2 Å². The van der Waals surface area contributed by atoms with Crippen molar-refractivity contribution in [2.75, 3.05) is 27.8 Å². The Kier molecular flexibility index (Phi) is 8.08. The second-order valence-corrected chi connectivity index (χ2v) is 9.62. The van der Waals surface area contributed by atoms with Crippen molar-refractivity contribution >= 4 is 38.9 Å². The largest absolute Gasteiger partial charge is 0.494 e. The summed E-state index contributed by atoms with van der Waals surface area (Å²) < 4.78 is 45.2. The van der Waals surface area contributed by atoms with E-state index in [0.29, 0.717) is 29.3 Å². The summed E-state index contributed by atoms with van der Waals surface area (Å²) in [6, 6.07) is 16.5. The minimum atomic E-state index is -3.74. The number of sulfonamides is 1. The molecule has 0 radical (unpaired) electrons. The molecule has 8 nitrogen and oxygen atoms in total.